The van der Waals surface area contributed by atoms with E-state index in [-0.39, 0.29) is 17.7 Å². The molecule has 1 unspecified atom stereocenters. The van der Waals surface area contributed by atoms with Gasteiger partial charge in [-0.1, -0.05) is 19.9 Å². The van der Waals surface area contributed by atoms with Crippen molar-refractivity contribution >= 4 is 11.9 Å². The first kappa shape index (κ1) is 12.7. The van der Waals surface area contributed by atoms with Gasteiger partial charge in [-0.25, -0.2) is 0 Å². The van der Waals surface area contributed by atoms with Crippen LogP contribution >= 0.6 is 0 Å². The second-order valence-electron chi connectivity index (χ2n) is 4.39. The van der Waals surface area contributed by atoms with Gasteiger partial charge in [0.25, 0.3) is 0 Å². The summed E-state index contributed by atoms with van der Waals surface area (Å²) in [6, 6.07) is 0. The Morgan fingerprint density at radius 1 is 1.50 bits per heavy atom. The van der Waals surface area contributed by atoms with Gasteiger partial charge in [0, 0.05) is 24.6 Å². The average molecular weight is 225 g/mol. The molecule has 1 saturated heterocycles. The molecule has 1 aliphatic heterocycles. The molecular weight excluding hydrogens is 206 g/mol. The average Bonchev–Trinajstić information content (AvgIpc) is 2.15. The zero-order valence-electron chi connectivity index (χ0n) is 10.1. The van der Waals surface area contributed by atoms with E-state index in [1.165, 1.54) is 0 Å². The molecule has 0 saturated carbocycles. The van der Waals surface area contributed by atoms with Crippen LogP contribution in [0.25, 0.3) is 0 Å². The van der Waals surface area contributed by atoms with Gasteiger partial charge in [-0.15, -0.1) is 0 Å². The van der Waals surface area contributed by atoms with E-state index in [0.717, 1.165) is 12.0 Å². The third kappa shape index (κ3) is 2.62. The first-order chi connectivity index (χ1) is 7.47. The molecule has 0 aromatic carbocycles. The highest BCUT2D eigenvalue weighted by molar-refractivity contribution is 5.93. The number of likely N-dealkylation sites (tertiary alicyclic amines) is 1. The largest absolute Gasteiger partial charge is 0.481 e. The first-order valence-electron chi connectivity index (χ1n) is 5.66. The molecule has 0 spiro atoms. The molecule has 1 heterocycles. The molecule has 1 aliphatic rings. The number of hydrogen-bond donors (Lipinski definition) is 1. The van der Waals surface area contributed by atoms with E-state index < -0.39 is 5.97 Å². The van der Waals surface area contributed by atoms with Gasteiger partial charge in [0.15, 0.2) is 0 Å². The van der Waals surface area contributed by atoms with Crippen LogP contribution in [0.2, 0.25) is 0 Å². The maximum atomic E-state index is 11.8. The Morgan fingerprint density at radius 2 is 2.06 bits per heavy atom. The van der Waals surface area contributed by atoms with Crippen molar-refractivity contribution in [2.24, 2.45) is 11.8 Å². The van der Waals surface area contributed by atoms with Gasteiger partial charge < -0.3 is 10.0 Å². The van der Waals surface area contributed by atoms with E-state index in [2.05, 4.69) is 0 Å². The second-order valence-corrected chi connectivity index (χ2v) is 4.39. The molecule has 1 fully saturated rings. The molecule has 16 heavy (non-hydrogen) atoms. The highest BCUT2D eigenvalue weighted by atomic mass is 16.4. The number of aliphatic carboxylic acids is 1. The van der Waals surface area contributed by atoms with Gasteiger partial charge in [0.05, 0.1) is 5.92 Å². The van der Waals surface area contributed by atoms with E-state index in [1.807, 2.05) is 13.0 Å². The van der Waals surface area contributed by atoms with Crippen molar-refractivity contribution < 1.29 is 14.7 Å². The Hall–Kier alpha value is -1.32. The van der Waals surface area contributed by atoms with E-state index in [4.69, 9.17) is 5.11 Å². The molecule has 0 aliphatic carbocycles. The van der Waals surface area contributed by atoms with Crippen LogP contribution in [0.3, 0.4) is 0 Å². The second kappa shape index (κ2) is 5.14. The van der Waals surface area contributed by atoms with Crippen LogP contribution in [0.4, 0.5) is 0 Å². The van der Waals surface area contributed by atoms with Crippen molar-refractivity contribution in [3.05, 3.63) is 11.6 Å². The van der Waals surface area contributed by atoms with E-state index in [0.29, 0.717) is 13.1 Å². The van der Waals surface area contributed by atoms with Crippen molar-refractivity contribution in [2.45, 2.75) is 27.2 Å². The SMILES string of the molecule is CC/C=C(/C)C(=O)N1CC(C(C)C(=O)O)C1. The molecule has 0 aromatic heterocycles. The van der Waals surface area contributed by atoms with Crippen LogP contribution in [0, 0.1) is 11.8 Å². The number of amides is 1. The van der Waals surface area contributed by atoms with Crippen molar-refractivity contribution in [2.75, 3.05) is 13.1 Å². The lowest BCUT2D eigenvalue weighted by Crippen LogP contribution is -2.53. The third-order valence-corrected chi connectivity index (χ3v) is 3.14. The van der Waals surface area contributed by atoms with Crippen LogP contribution in [0.1, 0.15) is 27.2 Å². The summed E-state index contributed by atoms with van der Waals surface area (Å²) in [6.45, 7) is 6.63. The van der Waals surface area contributed by atoms with Crippen molar-refractivity contribution in [3.63, 3.8) is 0 Å². The van der Waals surface area contributed by atoms with Crippen molar-refractivity contribution in [1.29, 1.82) is 0 Å². The van der Waals surface area contributed by atoms with Gasteiger partial charge >= 0.3 is 5.97 Å². The topological polar surface area (TPSA) is 57.6 Å². The molecule has 1 amide bonds. The highest BCUT2D eigenvalue weighted by Crippen LogP contribution is 2.25. The molecule has 0 bridgehead atoms. The molecule has 4 nitrogen and oxygen atoms in total. The Balaban J connectivity index is 2.44. The molecule has 90 valence electrons. The first-order valence-corrected chi connectivity index (χ1v) is 5.66. The fourth-order valence-corrected chi connectivity index (χ4v) is 1.84. The number of carboxylic acid groups (broad SMARTS) is 1. The maximum Gasteiger partial charge on any atom is 0.306 e. The standard InChI is InChI=1S/C12H19NO3/c1-4-5-8(2)11(14)13-6-10(7-13)9(3)12(15)16/h5,9-10H,4,6-7H2,1-3H3,(H,15,16)/b8-5-. The predicted molar refractivity (Wildman–Crippen MR) is 60.9 cm³/mol. The van der Waals surface area contributed by atoms with E-state index in [1.54, 1.807) is 18.7 Å². The van der Waals surface area contributed by atoms with Gasteiger partial charge in [-0.3, -0.25) is 9.59 Å². The van der Waals surface area contributed by atoms with Gasteiger partial charge in [-0.2, -0.15) is 0 Å². The fraction of sp³-hybridized carbons (Fsp3) is 0.667. The lowest BCUT2D eigenvalue weighted by atomic mass is 9.86. The quantitative estimate of drug-likeness (QED) is 0.738. The van der Waals surface area contributed by atoms with Crippen molar-refractivity contribution in [1.82, 2.24) is 4.90 Å². The summed E-state index contributed by atoms with van der Waals surface area (Å²) in [5.41, 5.74) is 0.754. The summed E-state index contributed by atoms with van der Waals surface area (Å²) < 4.78 is 0. The van der Waals surface area contributed by atoms with E-state index in [9.17, 15) is 9.59 Å². The summed E-state index contributed by atoms with van der Waals surface area (Å²) in [6.07, 6.45) is 2.75. The predicted octanol–water partition coefficient (Wildman–Crippen LogP) is 1.52. The number of rotatable bonds is 4. The Morgan fingerprint density at radius 3 is 2.50 bits per heavy atom. The normalized spacial score (nSPS) is 19.2. The minimum absolute atomic E-state index is 0.0377. The number of carbonyl (C=O) groups excluding carboxylic acids is 1. The summed E-state index contributed by atoms with van der Waals surface area (Å²) in [5, 5.41) is 8.82. The number of nitrogens with zero attached hydrogens (tertiary/aromatic N) is 1. The highest BCUT2D eigenvalue weighted by Gasteiger charge is 2.37. The smallest absolute Gasteiger partial charge is 0.306 e. The maximum absolute atomic E-state index is 11.8. The minimum Gasteiger partial charge on any atom is -0.481 e. The van der Waals surface area contributed by atoms with Crippen LogP contribution in [-0.2, 0) is 9.59 Å². The zero-order valence-corrected chi connectivity index (χ0v) is 10.1. The third-order valence-electron chi connectivity index (χ3n) is 3.14. The molecule has 1 N–H and O–H groups in total. The van der Waals surface area contributed by atoms with Crippen molar-refractivity contribution in [3.8, 4) is 0 Å². The molecule has 4 heteroatoms. The zero-order chi connectivity index (χ0) is 12.3. The van der Waals surface area contributed by atoms with Gasteiger partial charge in [-0.05, 0) is 13.3 Å². The van der Waals surface area contributed by atoms with Gasteiger partial charge in [0.1, 0.15) is 0 Å². The number of carbonyl (C=O) groups is 2. The minimum atomic E-state index is -0.780. The summed E-state index contributed by atoms with van der Waals surface area (Å²) >= 11 is 0. The Kier molecular flexibility index (Phi) is 4.10. The van der Waals surface area contributed by atoms with Crippen LogP contribution in [0.5, 0.6) is 0 Å². The van der Waals surface area contributed by atoms with Crippen LogP contribution < -0.4 is 0 Å². The monoisotopic (exact) mass is 225 g/mol. The molecule has 1 rings (SSSR count). The Labute approximate surface area is 95.9 Å². The summed E-state index contributed by atoms with van der Waals surface area (Å²) in [5.74, 6) is -0.996. The summed E-state index contributed by atoms with van der Waals surface area (Å²) in [4.78, 5) is 24.2. The van der Waals surface area contributed by atoms with Crippen LogP contribution in [-0.4, -0.2) is 35.0 Å². The van der Waals surface area contributed by atoms with Gasteiger partial charge in [0.2, 0.25) is 5.91 Å². The lowest BCUT2D eigenvalue weighted by molar-refractivity contribution is -0.149. The molecule has 1 atom stereocenters. The number of carboxylic acids is 1. The lowest BCUT2D eigenvalue weighted by Gasteiger charge is -2.41. The Bertz CT molecular complexity index is 316. The number of hydrogen-bond acceptors (Lipinski definition) is 2. The number of allylic oxidation sites excluding steroid dienone is 1. The fourth-order valence-electron chi connectivity index (χ4n) is 1.84. The molecule has 0 radical (unpaired) electrons. The molecule has 0 aromatic rings. The summed E-state index contributed by atoms with van der Waals surface area (Å²) in [7, 11) is 0. The van der Waals surface area contributed by atoms with E-state index >= 15 is 0 Å². The molecular formula is C12H19NO3. The van der Waals surface area contributed by atoms with Crippen LogP contribution in [0.15, 0.2) is 11.6 Å².